The smallest absolute Gasteiger partial charge is 0.251 e. The summed E-state index contributed by atoms with van der Waals surface area (Å²) < 4.78 is 0. The van der Waals surface area contributed by atoms with Crippen LogP contribution in [0.5, 0.6) is 0 Å². The molecule has 0 heterocycles. The molecule has 0 unspecified atom stereocenters. The molecule has 0 bridgehead atoms. The average Bonchev–Trinajstić information content (AvgIpc) is 2.50. The van der Waals surface area contributed by atoms with Crippen LogP contribution in [0.2, 0.25) is 0 Å². The van der Waals surface area contributed by atoms with E-state index in [2.05, 4.69) is 23.8 Å². The number of allylic oxidation sites excluding steroid dienone is 3. The van der Waals surface area contributed by atoms with Gasteiger partial charge in [0.1, 0.15) is 6.34 Å². The maximum Gasteiger partial charge on any atom is 0.251 e. The van der Waals surface area contributed by atoms with Crippen LogP contribution in [-0.2, 0) is 4.79 Å². The Hall–Kier alpha value is -1.97. The number of amides is 1. The molecule has 120 valence electrons. The quantitative estimate of drug-likeness (QED) is 0.333. The van der Waals surface area contributed by atoms with Gasteiger partial charge in [-0.3, -0.25) is 10.2 Å². The van der Waals surface area contributed by atoms with E-state index in [0.29, 0.717) is 16.9 Å². The molecule has 0 radical (unpaired) electrons. The Balaban J connectivity index is 2.60. The number of nitrogens with one attached hydrogen (secondary N) is 2. The molecular formula is C18H27N3O. The molecule has 0 spiro atoms. The van der Waals surface area contributed by atoms with Crippen molar-refractivity contribution in [1.29, 1.82) is 5.41 Å². The zero-order valence-corrected chi connectivity index (χ0v) is 13.9. The molecule has 4 nitrogen and oxygen atoms in total. The molecule has 1 aliphatic rings. The van der Waals surface area contributed by atoms with Gasteiger partial charge in [-0.2, -0.15) is 0 Å². The molecule has 1 amide bonds. The Kier molecular flexibility index (Phi) is 7.50. The molecule has 4 heteroatoms. The van der Waals surface area contributed by atoms with Crippen LogP contribution in [-0.4, -0.2) is 24.0 Å². The van der Waals surface area contributed by atoms with Crippen molar-refractivity contribution in [3.8, 4) is 0 Å². The van der Waals surface area contributed by atoms with Crippen molar-refractivity contribution in [2.45, 2.75) is 52.5 Å². The van der Waals surface area contributed by atoms with Crippen molar-refractivity contribution in [3.05, 3.63) is 36.0 Å². The molecule has 1 fully saturated rings. The van der Waals surface area contributed by atoms with Crippen LogP contribution in [0.4, 0.5) is 0 Å². The molecule has 0 atom stereocenters. The minimum Gasteiger partial charge on any atom is -0.349 e. The Morgan fingerprint density at radius 3 is 2.45 bits per heavy atom. The Labute approximate surface area is 133 Å². The first kappa shape index (κ1) is 18.1. The number of rotatable bonds is 6. The summed E-state index contributed by atoms with van der Waals surface area (Å²) in [4.78, 5) is 16.2. The first-order chi connectivity index (χ1) is 10.5. The van der Waals surface area contributed by atoms with Crippen LogP contribution in [0.15, 0.2) is 40.9 Å². The van der Waals surface area contributed by atoms with E-state index >= 15 is 0 Å². The van der Waals surface area contributed by atoms with Crippen LogP contribution in [0.3, 0.4) is 0 Å². The van der Waals surface area contributed by atoms with Crippen LogP contribution >= 0.6 is 0 Å². The van der Waals surface area contributed by atoms with Gasteiger partial charge < -0.3 is 5.32 Å². The van der Waals surface area contributed by atoms with Crippen LogP contribution in [0.1, 0.15) is 46.5 Å². The molecule has 0 aliphatic heterocycles. The monoisotopic (exact) mass is 301 g/mol. The number of nitrogens with zero attached hydrogens (tertiary/aromatic N) is 1. The number of carbonyl (C=O) groups excluding carboxylic acids is 1. The van der Waals surface area contributed by atoms with Gasteiger partial charge in [0, 0.05) is 17.3 Å². The maximum absolute atomic E-state index is 12.3. The van der Waals surface area contributed by atoms with Gasteiger partial charge in [0.05, 0.1) is 0 Å². The fourth-order valence-corrected chi connectivity index (χ4v) is 2.47. The molecule has 22 heavy (non-hydrogen) atoms. The summed E-state index contributed by atoms with van der Waals surface area (Å²) >= 11 is 0. The van der Waals surface area contributed by atoms with Crippen LogP contribution in [0.25, 0.3) is 0 Å². The van der Waals surface area contributed by atoms with Crippen molar-refractivity contribution in [1.82, 2.24) is 5.32 Å². The second-order valence-electron chi connectivity index (χ2n) is 5.88. The summed E-state index contributed by atoms with van der Waals surface area (Å²) in [5.74, 6) is 0.737. The first-order valence-corrected chi connectivity index (χ1v) is 7.85. The summed E-state index contributed by atoms with van der Waals surface area (Å²) in [5, 5.41) is 10.1. The molecule has 0 aromatic heterocycles. The highest BCUT2D eigenvalue weighted by Crippen LogP contribution is 2.23. The Bertz CT molecular complexity index is 506. The fraction of sp³-hybridized carbons (Fsp3) is 0.500. The number of hydrogen-bond acceptors (Lipinski definition) is 2. The molecule has 0 aromatic rings. The number of hydrogen-bond donors (Lipinski definition) is 2. The second-order valence-corrected chi connectivity index (χ2v) is 5.88. The van der Waals surface area contributed by atoms with Gasteiger partial charge in [-0.25, -0.2) is 4.99 Å². The average molecular weight is 301 g/mol. The van der Waals surface area contributed by atoms with E-state index in [1.807, 2.05) is 6.92 Å². The SMILES string of the molecule is C=C(/C=C\C(=C/C)C(=O)NC1CCC(C)CC1)C(C)=NC=N. The minimum atomic E-state index is -0.0345. The lowest BCUT2D eigenvalue weighted by Crippen LogP contribution is -2.37. The fourth-order valence-electron chi connectivity index (χ4n) is 2.47. The van der Waals surface area contributed by atoms with Crippen molar-refractivity contribution in [2.75, 3.05) is 0 Å². The zero-order valence-electron chi connectivity index (χ0n) is 13.9. The van der Waals surface area contributed by atoms with Gasteiger partial charge in [-0.1, -0.05) is 25.7 Å². The van der Waals surface area contributed by atoms with Crippen molar-refractivity contribution >= 4 is 18.0 Å². The van der Waals surface area contributed by atoms with Crippen molar-refractivity contribution < 1.29 is 4.79 Å². The normalized spacial score (nSPS) is 23.4. The molecule has 1 rings (SSSR count). The maximum atomic E-state index is 12.3. The van der Waals surface area contributed by atoms with Crippen molar-refractivity contribution in [2.24, 2.45) is 10.9 Å². The van der Waals surface area contributed by atoms with Gasteiger partial charge in [-0.05, 0) is 57.1 Å². The third-order valence-corrected chi connectivity index (χ3v) is 4.11. The highest BCUT2D eigenvalue weighted by molar-refractivity contribution is 6.04. The molecule has 1 saturated carbocycles. The van der Waals surface area contributed by atoms with E-state index in [1.165, 1.54) is 12.8 Å². The van der Waals surface area contributed by atoms with Gasteiger partial charge in [0.15, 0.2) is 0 Å². The third kappa shape index (κ3) is 5.80. The summed E-state index contributed by atoms with van der Waals surface area (Å²) in [7, 11) is 0. The van der Waals surface area contributed by atoms with Crippen molar-refractivity contribution in [3.63, 3.8) is 0 Å². The summed E-state index contributed by atoms with van der Waals surface area (Å²) in [6.45, 7) is 9.79. The number of aliphatic imine (C=N–C) groups is 1. The summed E-state index contributed by atoms with van der Waals surface area (Å²) in [5.41, 5.74) is 1.99. The molecular weight excluding hydrogens is 274 g/mol. The third-order valence-electron chi connectivity index (χ3n) is 4.11. The molecule has 2 N–H and O–H groups in total. The van der Waals surface area contributed by atoms with Gasteiger partial charge >= 0.3 is 0 Å². The highest BCUT2D eigenvalue weighted by atomic mass is 16.1. The summed E-state index contributed by atoms with van der Waals surface area (Å²) in [6, 6.07) is 0.288. The Morgan fingerprint density at radius 1 is 1.27 bits per heavy atom. The van der Waals surface area contributed by atoms with Crippen LogP contribution < -0.4 is 5.32 Å². The van der Waals surface area contributed by atoms with E-state index in [0.717, 1.165) is 25.1 Å². The predicted octanol–water partition coefficient (Wildman–Crippen LogP) is 3.81. The molecule has 1 aliphatic carbocycles. The molecule has 0 saturated heterocycles. The Morgan fingerprint density at radius 2 is 1.91 bits per heavy atom. The standard InChI is InChI=1S/C18H27N3O/c1-5-16(9-8-14(3)15(4)20-12-19)18(22)21-17-10-6-13(2)7-11-17/h5,8-9,12-13,17,19H,3,6-7,10-11H2,1-2,4H3,(H,21,22)/b9-8-,16-5+,19-12?,20-15?. The van der Waals surface area contributed by atoms with E-state index < -0.39 is 0 Å². The first-order valence-electron chi connectivity index (χ1n) is 7.85. The lowest BCUT2D eigenvalue weighted by molar-refractivity contribution is -0.118. The number of carbonyl (C=O) groups is 1. The van der Waals surface area contributed by atoms with E-state index in [9.17, 15) is 4.79 Å². The topological polar surface area (TPSA) is 65.3 Å². The second kappa shape index (κ2) is 9.13. The lowest BCUT2D eigenvalue weighted by Gasteiger charge is -2.27. The minimum absolute atomic E-state index is 0.0345. The summed E-state index contributed by atoms with van der Waals surface area (Å²) in [6.07, 6.45) is 10.8. The predicted molar refractivity (Wildman–Crippen MR) is 93.5 cm³/mol. The zero-order chi connectivity index (χ0) is 16.5. The highest BCUT2D eigenvalue weighted by Gasteiger charge is 2.20. The van der Waals surface area contributed by atoms with Gasteiger partial charge in [0.25, 0.3) is 5.91 Å². The van der Waals surface area contributed by atoms with E-state index in [1.54, 1.807) is 25.2 Å². The van der Waals surface area contributed by atoms with Gasteiger partial charge in [0.2, 0.25) is 0 Å². The van der Waals surface area contributed by atoms with E-state index in [4.69, 9.17) is 5.41 Å². The van der Waals surface area contributed by atoms with Crippen LogP contribution in [0, 0.1) is 11.3 Å². The van der Waals surface area contributed by atoms with E-state index in [-0.39, 0.29) is 11.9 Å². The van der Waals surface area contributed by atoms with Gasteiger partial charge in [-0.15, -0.1) is 0 Å². The molecule has 0 aromatic carbocycles. The lowest BCUT2D eigenvalue weighted by atomic mass is 9.87. The largest absolute Gasteiger partial charge is 0.349 e.